The Hall–Kier alpha value is -2.05. The molecular formula is C15H15FN2O2S. The number of nitrogens with one attached hydrogen (secondary N) is 1. The van der Waals surface area contributed by atoms with Gasteiger partial charge in [-0.2, -0.15) is 0 Å². The van der Waals surface area contributed by atoms with Crippen LogP contribution >= 0.6 is 11.3 Å². The van der Waals surface area contributed by atoms with E-state index in [9.17, 15) is 14.3 Å². The molecule has 6 heteroatoms. The van der Waals surface area contributed by atoms with Crippen LogP contribution in [0.15, 0.2) is 42.0 Å². The van der Waals surface area contributed by atoms with Crippen molar-refractivity contribution in [3.8, 4) is 0 Å². The molecule has 0 spiro atoms. The number of amides is 1. The van der Waals surface area contributed by atoms with Crippen molar-refractivity contribution < 1.29 is 14.3 Å². The lowest BCUT2D eigenvalue weighted by Crippen LogP contribution is -2.37. The second-order valence-electron chi connectivity index (χ2n) is 4.74. The highest BCUT2D eigenvalue weighted by molar-refractivity contribution is 7.10. The first-order valence-electron chi connectivity index (χ1n) is 6.30. The Morgan fingerprint density at radius 3 is 3.05 bits per heavy atom. The van der Waals surface area contributed by atoms with Gasteiger partial charge in [0, 0.05) is 17.2 Å². The van der Waals surface area contributed by atoms with E-state index in [4.69, 9.17) is 0 Å². The summed E-state index contributed by atoms with van der Waals surface area (Å²) in [5.74, 6) is -0.825. The molecule has 0 fully saturated rings. The van der Waals surface area contributed by atoms with Crippen molar-refractivity contribution in [1.29, 1.82) is 0 Å². The minimum atomic E-state index is -1.11. The van der Waals surface area contributed by atoms with Gasteiger partial charge in [-0.1, -0.05) is 6.07 Å². The third-order valence-electron chi connectivity index (χ3n) is 2.81. The Labute approximate surface area is 126 Å². The fourth-order valence-corrected chi connectivity index (χ4v) is 2.47. The zero-order chi connectivity index (χ0) is 15.3. The van der Waals surface area contributed by atoms with Crippen LogP contribution in [0.2, 0.25) is 0 Å². The van der Waals surface area contributed by atoms with E-state index in [2.05, 4.69) is 10.3 Å². The van der Waals surface area contributed by atoms with Gasteiger partial charge in [0.2, 0.25) is 5.91 Å². The summed E-state index contributed by atoms with van der Waals surface area (Å²) in [6, 6.07) is 4.93. The molecule has 110 valence electrons. The summed E-state index contributed by atoms with van der Waals surface area (Å²) in [6.07, 6.45) is 5.29. The molecule has 0 aliphatic heterocycles. The van der Waals surface area contributed by atoms with E-state index < -0.39 is 11.4 Å². The first-order valence-corrected chi connectivity index (χ1v) is 7.18. The van der Waals surface area contributed by atoms with Gasteiger partial charge in [0.25, 0.3) is 0 Å². The molecule has 0 saturated carbocycles. The largest absolute Gasteiger partial charge is 0.383 e. The number of hydrogen-bond acceptors (Lipinski definition) is 4. The van der Waals surface area contributed by atoms with E-state index in [1.807, 2.05) is 17.5 Å². The number of aromatic nitrogens is 1. The molecule has 0 aliphatic carbocycles. The minimum absolute atomic E-state index is 0.0953. The molecule has 2 heterocycles. The van der Waals surface area contributed by atoms with Crippen LogP contribution in [0.25, 0.3) is 6.08 Å². The number of nitrogens with zero attached hydrogens (tertiary/aromatic N) is 1. The van der Waals surface area contributed by atoms with Crippen LogP contribution in [0.5, 0.6) is 0 Å². The molecule has 0 aliphatic rings. The number of thiophene rings is 1. The third-order valence-corrected chi connectivity index (χ3v) is 3.94. The number of carbonyl (C=O) groups is 1. The number of rotatable bonds is 5. The van der Waals surface area contributed by atoms with E-state index in [-0.39, 0.29) is 12.5 Å². The molecular weight excluding hydrogens is 291 g/mol. The lowest BCUT2D eigenvalue weighted by molar-refractivity contribution is -0.117. The van der Waals surface area contributed by atoms with E-state index >= 15 is 0 Å². The normalized spacial score (nSPS) is 14.0. The summed E-state index contributed by atoms with van der Waals surface area (Å²) in [6.45, 7) is 1.73. The average molecular weight is 306 g/mol. The number of aliphatic hydroxyl groups is 1. The summed E-state index contributed by atoms with van der Waals surface area (Å²) < 4.78 is 12.9. The summed E-state index contributed by atoms with van der Waals surface area (Å²) in [5, 5.41) is 14.7. The molecule has 4 nitrogen and oxygen atoms in total. The molecule has 1 atom stereocenters. The number of pyridine rings is 1. The zero-order valence-electron chi connectivity index (χ0n) is 11.4. The van der Waals surface area contributed by atoms with Crippen LogP contribution in [0.3, 0.4) is 0 Å². The third kappa shape index (κ3) is 4.47. The minimum Gasteiger partial charge on any atom is -0.383 e. The molecule has 2 aromatic heterocycles. The standard InChI is InChI=1S/C15H15FN2O2S/c1-15(20,13-3-2-6-21-13)10-18-14(19)5-4-11-7-12(16)9-17-8-11/h2-9,20H,10H2,1H3,(H,18,19)/b5-4+. The van der Waals surface area contributed by atoms with Gasteiger partial charge in [-0.05, 0) is 36.1 Å². The van der Waals surface area contributed by atoms with E-state index in [0.29, 0.717) is 5.56 Å². The van der Waals surface area contributed by atoms with Crippen LogP contribution in [-0.2, 0) is 10.4 Å². The first kappa shape index (κ1) is 15.3. The Bertz CT molecular complexity index is 639. The Balaban J connectivity index is 1.90. The summed E-state index contributed by atoms with van der Waals surface area (Å²) >= 11 is 1.42. The molecule has 0 bridgehead atoms. The van der Waals surface area contributed by atoms with E-state index in [1.165, 1.54) is 35.8 Å². The molecule has 0 radical (unpaired) electrons. The molecule has 21 heavy (non-hydrogen) atoms. The van der Waals surface area contributed by atoms with Crippen LogP contribution in [0.4, 0.5) is 4.39 Å². The van der Waals surface area contributed by atoms with Crippen molar-refractivity contribution in [2.45, 2.75) is 12.5 Å². The second kappa shape index (κ2) is 6.60. The quantitative estimate of drug-likeness (QED) is 0.833. The average Bonchev–Trinajstić information content (AvgIpc) is 2.98. The molecule has 2 N–H and O–H groups in total. The predicted octanol–water partition coefficient (Wildman–Crippen LogP) is 2.32. The highest BCUT2D eigenvalue weighted by atomic mass is 32.1. The van der Waals surface area contributed by atoms with Crippen molar-refractivity contribution in [3.63, 3.8) is 0 Å². The highest BCUT2D eigenvalue weighted by Crippen LogP contribution is 2.24. The van der Waals surface area contributed by atoms with Crippen molar-refractivity contribution in [1.82, 2.24) is 10.3 Å². The van der Waals surface area contributed by atoms with Crippen molar-refractivity contribution in [2.24, 2.45) is 0 Å². The van der Waals surface area contributed by atoms with E-state index in [1.54, 1.807) is 6.92 Å². The number of halogens is 1. The Kier molecular flexibility index (Phi) is 4.82. The molecule has 0 aromatic carbocycles. The van der Waals surface area contributed by atoms with Crippen molar-refractivity contribution >= 4 is 23.3 Å². The molecule has 1 unspecified atom stereocenters. The number of hydrogen-bond donors (Lipinski definition) is 2. The molecule has 0 saturated heterocycles. The maximum atomic E-state index is 12.9. The zero-order valence-corrected chi connectivity index (χ0v) is 12.2. The fraction of sp³-hybridized carbons (Fsp3) is 0.200. The van der Waals surface area contributed by atoms with Crippen molar-refractivity contribution in [2.75, 3.05) is 6.54 Å². The van der Waals surface area contributed by atoms with Crippen LogP contribution < -0.4 is 5.32 Å². The van der Waals surface area contributed by atoms with Gasteiger partial charge in [-0.25, -0.2) is 4.39 Å². The topological polar surface area (TPSA) is 62.2 Å². The summed E-state index contributed by atoms with van der Waals surface area (Å²) in [5.41, 5.74) is -0.617. The van der Waals surface area contributed by atoms with Gasteiger partial charge in [-0.3, -0.25) is 9.78 Å². The van der Waals surface area contributed by atoms with Gasteiger partial charge < -0.3 is 10.4 Å². The lowest BCUT2D eigenvalue weighted by atomic mass is 10.1. The molecule has 2 aromatic rings. The van der Waals surface area contributed by atoms with Crippen LogP contribution in [-0.4, -0.2) is 22.5 Å². The molecule has 2 rings (SSSR count). The fourth-order valence-electron chi connectivity index (χ4n) is 1.68. The maximum absolute atomic E-state index is 12.9. The highest BCUT2D eigenvalue weighted by Gasteiger charge is 2.24. The summed E-state index contributed by atoms with van der Waals surface area (Å²) in [7, 11) is 0. The van der Waals surface area contributed by atoms with Gasteiger partial charge in [0.05, 0.1) is 12.7 Å². The van der Waals surface area contributed by atoms with Gasteiger partial charge in [-0.15, -0.1) is 11.3 Å². The van der Waals surface area contributed by atoms with Gasteiger partial charge in [0.1, 0.15) is 11.4 Å². The number of carbonyl (C=O) groups excluding carboxylic acids is 1. The van der Waals surface area contributed by atoms with Crippen LogP contribution in [0.1, 0.15) is 17.4 Å². The van der Waals surface area contributed by atoms with Crippen molar-refractivity contribution in [3.05, 3.63) is 58.3 Å². The second-order valence-corrected chi connectivity index (χ2v) is 5.69. The first-order chi connectivity index (χ1) is 9.97. The maximum Gasteiger partial charge on any atom is 0.244 e. The van der Waals surface area contributed by atoms with E-state index in [0.717, 1.165) is 11.1 Å². The predicted molar refractivity (Wildman–Crippen MR) is 80.1 cm³/mol. The Morgan fingerprint density at radius 1 is 1.57 bits per heavy atom. The monoisotopic (exact) mass is 306 g/mol. The van der Waals surface area contributed by atoms with Gasteiger partial charge in [0.15, 0.2) is 0 Å². The summed E-state index contributed by atoms with van der Waals surface area (Å²) in [4.78, 5) is 16.2. The van der Waals surface area contributed by atoms with Gasteiger partial charge >= 0.3 is 0 Å². The smallest absolute Gasteiger partial charge is 0.244 e. The molecule has 1 amide bonds. The van der Waals surface area contributed by atoms with Crippen LogP contribution in [0, 0.1) is 5.82 Å². The lowest BCUT2D eigenvalue weighted by Gasteiger charge is -2.21. The SMILES string of the molecule is CC(O)(CNC(=O)/C=C/c1cncc(F)c1)c1cccs1. The Morgan fingerprint density at radius 2 is 2.38 bits per heavy atom.